The number of Topliss-reactive ketones (excluding diaryl/α,β-unsaturated/α-hetero) is 1. The zero-order chi connectivity index (χ0) is 25.2. The molecular formula is C30H43NO3. The molecule has 1 N–H and O–H groups in total. The summed E-state index contributed by atoms with van der Waals surface area (Å²) in [5, 5.41) is 2.64. The fourth-order valence-corrected chi connectivity index (χ4v) is 3.86. The van der Waals surface area contributed by atoms with Gasteiger partial charge in [0.2, 0.25) is 6.41 Å². The lowest BCUT2D eigenvalue weighted by molar-refractivity contribution is -0.118. The Hall–Kier alpha value is -2.62. The van der Waals surface area contributed by atoms with Crippen molar-refractivity contribution in [1.29, 1.82) is 0 Å². The molecule has 0 aliphatic rings. The first-order chi connectivity index (χ1) is 16.1. The number of hydrogen-bond acceptors (Lipinski definition) is 3. The van der Waals surface area contributed by atoms with E-state index in [0.717, 1.165) is 42.6 Å². The van der Waals surface area contributed by atoms with Gasteiger partial charge in [0.05, 0.1) is 6.61 Å². The highest BCUT2D eigenvalue weighted by Crippen LogP contribution is 2.38. The fraction of sp³-hybridized carbons (Fsp3) is 0.533. The molecule has 0 aliphatic heterocycles. The summed E-state index contributed by atoms with van der Waals surface area (Å²) in [6, 6.07) is 14.5. The van der Waals surface area contributed by atoms with Crippen LogP contribution in [0, 0.1) is 0 Å². The molecule has 4 heteroatoms. The van der Waals surface area contributed by atoms with Crippen LogP contribution >= 0.6 is 0 Å². The van der Waals surface area contributed by atoms with Crippen molar-refractivity contribution in [2.24, 2.45) is 0 Å². The van der Waals surface area contributed by atoms with Gasteiger partial charge in [0.15, 0.2) is 0 Å². The van der Waals surface area contributed by atoms with Crippen molar-refractivity contribution in [2.75, 3.05) is 6.61 Å². The molecule has 0 radical (unpaired) electrons. The Labute approximate surface area is 206 Å². The maximum absolute atomic E-state index is 12.4. The Morgan fingerprint density at radius 3 is 2.18 bits per heavy atom. The van der Waals surface area contributed by atoms with E-state index in [1.807, 2.05) is 24.3 Å². The first-order valence-electron chi connectivity index (χ1n) is 12.7. The molecule has 0 heterocycles. The van der Waals surface area contributed by atoms with Gasteiger partial charge in [-0.2, -0.15) is 0 Å². The maximum atomic E-state index is 12.4. The van der Waals surface area contributed by atoms with E-state index >= 15 is 0 Å². The third kappa shape index (κ3) is 8.00. The summed E-state index contributed by atoms with van der Waals surface area (Å²) in [4.78, 5) is 22.8. The predicted octanol–water partition coefficient (Wildman–Crippen LogP) is 6.67. The van der Waals surface area contributed by atoms with E-state index in [4.69, 9.17) is 4.74 Å². The molecule has 0 fully saturated rings. The van der Waals surface area contributed by atoms with Crippen LogP contribution < -0.4 is 10.1 Å². The van der Waals surface area contributed by atoms with E-state index in [1.165, 1.54) is 11.1 Å². The molecule has 0 saturated carbocycles. The molecule has 0 saturated heterocycles. The first kappa shape index (κ1) is 27.6. The van der Waals surface area contributed by atoms with Crippen molar-refractivity contribution in [3.8, 4) is 5.75 Å². The minimum atomic E-state index is 0.0456. The minimum Gasteiger partial charge on any atom is -0.493 e. The average Bonchev–Trinajstić information content (AvgIpc) is 2.83. The van der Waals surface area contributed by atoms with Crippen LogP contribution in [0.25, 0.3) is 0 Å². The number of nitrogens with one attached hydrogen (secondary N) is 1. The van der Waals surface area contributed by atoms with E-state index < -0.39 is 0 Å². The van der Waals surface area contributed by atoms with Gasteiger partial charge in [0.1, 0.15) is 11.5 Å². The van der Waals surface area contributed by atoms with Gasteiger partial charge in [0, 0.05) is 24.9 Å². The highest BCUT2D eigenvalue weighted by molar-refractivity contribution is 5.80. The fourth-order valence-electron chi connectivity index (χ4n) is 3.86. The normalized spacial score (nSPS) is 11.8. The molecular weight excluding hydrogens is 422 g/mol. The molecule has 0 aromatic heterocycles. The van der Waals surface area contributed by atoms with Crippen molar-refractivity contribution in [3.05, 3.63) is 64.7 Å². The second-order valence-corrected chi connectivity index (χ2v) is 10.5. The molecule has 0 bridgehead atoms. The van der Waals surface area contributed by atoms with Crippen LogP contribution in [0.2, 0.25) is 0 Å². The molecule has 2 aromatic rings. The highest BCUT2D eigenvalue weighted by Gasteiger charge is 2.26. The topological polar surface area (TPSA) is 55.4 Å². The standard InChI is InChI=1S/C30H43NO3/c1-7-29(3,4)25-16-17-28(27(20-25)30(5,6)8-2)34-18-10-9-11-26(33)19-23-12-14-24(15-13-23)21-31-22-32/h12-17,20,22H,7-11,18-19,21H2,1-6H3,(H,31,32). The summed E-state index contributed by atoms with van der Waals surface area (Å²) < 4.78 is 6.23. The number of carbonyl (C=O) groups is 2. The van der Waals surface area contributed by atoms with Gasteiger partial charge >= 0.3 is 0 Å². The van der Waals surface area contributed by atoms with E-state index in [9.17, 15) is 9.59 Å². The van der Waals surface area contributed by atoms with Crippen LogP contribution in [0.3, 0.4) is 0 Å². The lowest BCUT2D eigenvalue weighted by Gasteiger charge is -2.30. The summed E-state index contributed by atoms with van der Waals surface area (Å²) in [6.45, 7) is 14.7. The molecule has 0 spiro atoms. The molecule has 0 atom stereocenters. The van der Waals surface area contributed by atoms with Crippen LogP contribution in [0.4, 0.5) is 0 Å². The summed E-state index contributed by atoms with van der Waals surface area (Å²) in [6.07, 6.45) is 5.52. The average molecular weight is 466 g/mol. The Bertz CT molecular complexity index is 929. The first-order valence-corrected chi connectivity index (χ1v) is 12.7. The number of ether oxygens (including phenoxy) is 1. The molecule has 1 amide bonds. The van der Waals surface area contributed by atoms with Crippen molar-refractivity contribution in [2.45, 2.75) is 97.4 Å². The third-order valence-electron chi connectivity index (χ3n) is 7.18. The Morgan fingerprint density at radius 2 is 1.56 bits per heavy atom. The Kier molecular flexibility index (Phi) is 10.3. The van der Waals surface area contributed by atoms with Gasteiger partial charge in [-0.05, 0) is 59.3 Å². The molecule has 0 unspecified atom stereocenters. The van der Waals surface area contributed by atoms with Crippen LogP contribution in [0.5, 0.6) is 5.75 Å². The summed E-state index contributed by atoms with van der Waals surface area (Å²) in [5.41, 5.74) is 4.86. The van der Waals surface area contributed by atoms with Crippen molar-refractivity contribution in [3.63, 3.8) is 0 Å². The largest absolute Gasteiger partial charge is 0.493 e. The second kappa shape index (κ2) is 12.7. The monoisotopic (exact) mass is 465 g/mol. The Balaban J connectivity index is 1.87. The lowest BCUT2D eigenvalue weighted by atomic mass is 9.76. The number of unbranched alkanes of at least 4 members (excludes halogenated alkanes) is 1. The second-order valence-electron chi connectivity index (χ2n) is 10.5. The van der Waals surface area contributed by atoms with Crippen molar-refractivity contribution >= 4 is 12.2 Å². The number of amides is 1. The number of hydrogen-bond donors (Lipinski definition) is 1. The number of carbonyl (C=O) groups excluding carboxylic acids is 2. The van der Waals surface area contributed by atoms with Crippen molar-refractivity contribution in [1.82, 2.24) is 5.32 Å². The maximum Gasteiger partial charge on any atom is 0.207 e. The lowest BCUT2D eigenvalue weighted by Crippen LogP contribution is -2.21. The third-order valence-corrected chi connectivity index (χ3v) is 7.18. The minimum absolute atomic E-state index is 0.0456. The van der Waals surface area contributed by atoms with Gasteiger partial charge in [-0.25, -0.2) is 0 Å². The predicted molar refractivity (Wildman–Crippen MR) is 140 cm³/mol. The summed E-state index contributed by atoms with van der Waals surface area (Å²) >= 11 is 0. The van der Waals surface area contributed by atoms with Gasteiger partial charge in [-0.3, -0.25) is 9.59 Å². The van der Waals surface area contributed by atoms with Crippen LogP contribution in [0.15, 0.2) is 42.5 Å². The number of rotatable bonds is 15. The molecule has 2 aromatic carbocycles. The van der Waals surface area contributed by atoms with Crippen LogP contribution in [-0.4, -0.2) is 18.8 Å². The molecule has 186 valence electrons. The summed E-state index contributed by atoms with van der Waals surface area (Å²) in [7, 11) is 0. The number of benzene rings is 2. The van der Waals surface area contributed by atoms with Gasteiger partial charge in [0.25, 0.3) is 0 Å². The van der Waals surface area contributed by atoms with E-state index in [-0.39, 0.29) is 16.6 Å². The summed E-state index contributed by atoms with van der Waals surface area (Å²) in [5.74, 6) is 1.22. The van der Waals surface area contributed by atoms with Crippen molar-refractivity contribution < 1.29 is 14.3 Å². The van der Waals surface area contributed by atoms with E-state index in [0.29, 0.717) is 32.4 Å². The van der Waals surface area contributed by atoms with Crippen LogP contribution in [0.1, 0.15) is 95.9 Å². The van der Waals surface area contributed by atoms with Crippen LogP contribution in [-0.2, 0) is 33.4 Å². The molecule has 0 aliphatic carbocycles. The molecule has 4 nitrogen and oxygen atoms in total. The van der Waals surface area contributed by atoms with E-state index in [2.05, 4.69) is 65.1 Å². The SMILES string of the molecule is CCC(C)(C)c1ccc(OCCCCC(=O)Cc2ccc(CNC=O)cc2)c(C(C)(C)CC)c1. The smallest absolute Gasteiger partial charge is 0.207 e. The van der Waals surface area contributed by atoms with Gasteiger partial charge < -0.3 is 10.1 Å². The zero-order valence-electron chi connectivity index (χ0n) is 22.0. The zero-order valence-corrected chi connectivity index (χ0v) is 22.0. The quantitative estimate of drug-likeness (QED) is 0.236. The number of ketones is 1. The van der Waals surface area contributed by atoms with Gasteiger partial charge in [-0.1, -0.05) is 77.9 Å². The van der Waals surface area contributed by atoms with Gasteiger partial charge in [-0.15, -0.1) is 0 Å². The molecule has 2 rings (SSSR count). The highest BCUT2D eigenvalue weighted by atomic mass is 16.5. The Morgan fingerprint density at radius 1 is 0.912 bits per heavy atom. The van der Waals surface area contributed by atoms with E-state index in [1.54, 1.807) is 0 Å². The molecule has 34 heavy (non-hydrogen) atoms.